The Morgan fingerprint density at radius 2 is 2.00 bits per heavy atom. The zero-order valence-corrected chi connectivity index (χ0v) is 7.99. The topological polar surface area (TPSA) is 20.2 Å². The van der Waals surface area contributed by atoms with Crippen molar-refractivity contribution >= 4 is 0 Å². The average molecular weight is 224 g/mol. The zero-order valence-electron chi connectivity index (χ0n) is 26.0. The van der Waals surface area contributed by atoms with Crippen LogP contribution in [0.3, 0.4) is 0 Å². The molecule has 0 fully saturated rings. The molecule has 1 aromatic rings. The molecule has 0 aromatic heterocycles. The van der Waals surface area contributed by atoms with Crippen molar-refractivity contribution in [2.45, 2.75) is 52.0 Å². The van der Waals surface area contributed by atoms with Crippen molar-refractivity contribution in [1.29, 1.82) is 1.43 Å². The summed E-state index contributed by atoms with van der Waals surface area (Å²) in [5.74, 6) is -1.10. The maximum absolute atomic E-state index is 8.52. The van der Waals surface area contributed by atoms with Crippen molar-refractivity contribution in [3.8, 4) is 5.75 Å². The average Bonchev–Trinajstić information content (AvgIpc) is 2.55. The molecule has 1 atom stereocenters. The number of phenols is 1. The highest BCUT2D eigenvalue weighted by molar-refractivity contribution is 5.42. The van der Waals surface area contributed by atoms with E-state index in [9.17, 15) is 0 Å². The van der Waals surface area contributed by atoms with Gasteiger partial charge in [0.25, 0.3) is 1.43 Å². The summed E-state index contributed by atoms with van der Waals surface area (Å²) in [6, 6.07) is -4.07. The standard InChI is InChI=1S/C14H22O/c1-13(2,3)10-7-8-12(15)11(9-10)14(4,5)6/h7-9,15H,1-6H3/i1D3,2D3,3D3,4D2,5D3,7D,8D,9D/hD. The van der Waals surface area contributed by atoms with Crippen molar-refractivity contribution in [3.05, 3.63) is 29.3 Å². The van der Waals surface area contributed by atoms with Crippen molar-refractivity contribution < 1.29 is 28.4 Å². The Labute approximate surface area is 119 Å². The molecule has 0 amide bonds. The highest BCUT2D eigenvalue weighted by Crippen LogP contribution is 2.34. The second-order valence-electron chi connectivity index (χ2n) is 3.41. The van der Waals surface area contributed by atoms with Gasteiger partial charge in [-0.05, 0) is 28.0 Å². The number of phenolic OH excluding ortho intramolecular Hbond substituents is 1. The molecule has 0 saturated heterocycles. The van der Waals surface area contributed by atoms with Crippen LogP contribution >= 0.6 is 0 Å². The van der Waals surface area contributed by atoms with Crippen LogP contribution in [-0.2, 0) is 10.8 Å². The number of aromatic hydroxyl groups is 1. The largest absolute Gasteiger partial charge is 0.508 e. The number of hydrogen-bond donors (Lipinski definition) is 1. The Balaban J connectivity index is 4.66. The third-order valence-electron chi connectivity index (χ3n) is 1.67. The zero-order chi connectivity index (χ0) is 26.7. The fourth-order valence-electron chi connectivity index (χ4n) is 0.948. The van der Waals surface area contributed by atoms with Gasteiger partial charge in [-0.25, -0.2) is 0 Å². The monoisotopic (exact) mass is 224 g/mol. The number of benzene rings is 1. The predicted molar refractivity (Wildman–Crippen MR) is 65.5 cm³/mol. The lowest BCUT2D eigenvalue weighted by molar-refractivity contribution is 0.444. The van der Waals surface area contributed by atoms with Gasteiger partial charge in [-0.15, -0.1) is 0 Å². The molecule has 0 bridgehead atoms. The Hall–Kier alpha value is -0.980. The minimum Gasteiger partial charge on any atom is -0.508 e. The van der Waals surface area contributed by atoms with Gasteiger partial charge in [-0.2, -0.15) is 0 Å². The molecule has 1 rings (SSSR count). The first-order valence-electron chi connectivity index (χ1n) is 13.1. The van der Waals surface area contributed by atoms with Crippen molar-refractivity contribution in [2.24, 2.45) is 0 Å². The third-order valence-corrected chi connectivity index (χ3v) is 1.67. The van der Waals surface area contributed by atoms with Crippen LogP contribution < -0.4 is 0 Å². The summed E-state index contributed by atoms with van der Waals surface area (Å²) >= 11 is 0. The van der Waals surface area contributed by atoms with Crippen LogP contribution in [0.25, 0.3) is 0 Å². The molecule has 1 N–H and O–H groups in total. The molecular weight excluding hydrogens is 184 g/mol. The molecule has 0 heterocycles. The molecule has 0 spiro atoms. The Morgan fingerprint density at radius 3 is 2.53 bits per heavy atom. The maximum Gasteiger partial charge on any atom is 0.293 e. The fraction of sp³-hybridized carbons (Fsp3) is 0.571. The van der Waals surface area contributed by atoms with Gasteiger partial charge in [-0.1, -0.05) is 53.3 Å². The van der Waals surface area contributed by atoms with Gasteiger partial charge in [0.15, 0.2) is 0 Å². The van der Waals surface area contributed by atoms with E-state index in [-0.39, 0.29) is 0 Å². The van der Waals surface area contributed by atoms with E-state index in [1.54, 1.807) is 0 Å². The van der Waals surface area contributed by atoms with Gasteiger partial charge in [0, 0.05) is 19.2 Å². The summed E-state index contributed by atoms with van der Waals surface area (Å²) in [5, 5.41) is 4.24. The normalized spacial score (nSPS) is 36.9. The van der Waals surface area contributed by atoms with Gasteiger partial charge in [0.05, 0.1) is 4.11 Å². The van der Waals surface area contributed by atoms with Gasteiger partial charge in [0.2, 0.25) is 0 Å². The molecule has 0 radical (unpaired) electrons. The van der Waals surface area contributed by atoms with Crippen LogP contribution in [0.15, 0.2) is 18.1 Å². The maximum atomic E-state index is 8.52. The minimum absolute atomic E-state index is 0.759. The highest BCUT2D eigenvalue weighted by Gasteiger charge is 2.21. The van der Waals surface area contributed by atoms with Crippen LogP contribution in [0.5, 0.6) is 5.75 Å². The van der Waals surface area contributed by atoms with E-state index in [0.717, 1.165) is 6.92 Å². The Bertz CT molecular complexity index is 852. The predicted octanol–water partition coefficient (Wildman–Crippen LogP) is 3.99. The van der Waals surface area contributed by atoms with Gasteiger partial charge >= 0.3 is 0 Å². The van der Waals surface area contributed by atoms with Gasteiger partial charge in [-0.3, -0.25) is 0 Å². The van der Waals surface area contributed by atoms with E-state index < -0.39 is 80.1 Å². The van der Waals surface area contributed by atoms with Crippen molar-refractivity contribution in [1.82, 2.24) is 0 Å². The lowest BCUT2D eigenvalue weighted by Gasteiger charge is -2.25. The van der Waals surface area contributed by atoms with Gasteiger partial charge in [0.1, 0.15) is 5.75 Å². The van der Waals surface area contributed by atoms with Crippen LogP contribution in [0, 0.1) is 0 Å². The first-order chi connectivity index (χ1) is 14.4. The molecule has 1 heteroatoms. The van der Waals surface area contributed by atoms with Crippen molar-refractivity contribution in [2.75, 3.05) is 0 Å². The van der Waals surface area contributed by atoms with Crippen LogP contribution in [0.4, 0.5) is 0 Å². The second kappa shape index (κ2) is 3.55. The minimum atomic E-state index is -3.93. The summed E-state index contributed by atoms with van der Waals surface area (Å²) in [6.07, 6.45) is 0. The summed E-state index contributed by atoms with van der Waals surface area (Å²) in [4.78, 5) is 0. The Morgan fingerprint density at radius 1 is 1.27 bits per heavy atom. The molecular formula is C14H22O. The lowest BCUT2D eigenvalue weighted by atomic mass is 9.80. The quantitative estimate of drug-likeness (QED) is 0.765. The lowest BCUT2D eigenvalue weighted by Crippen LogP contribution is -2.16. The van der Waals surface area contributed by atoms with Crippen molar-refractivity contribution in [3.63, 3.8) is 0 Å². The van der Waals surface area contributed by atoms with Crippen LogP contribution in [0.2, 0.25) is 0 Å². The highest BCUT2D eigenvalue weighted by atomic mass is 16.3. The molecule has 84 valence electrons. The molecule has 0 aliphatic carbocycles. The van der Waals surface area contributed by atoms with E-state index in [1.165, 1.54) is 0 Å². The van der Waals surface area contributed by atoms with Crippen LogP contribution in [0.1, 0.15) is 75.6 Å². The Kier molecular flexibility index (Phi) is 0.549. The molecule has 15 heavy (non-hydrogen) atoms. The molecule has 1 unspecified atom stereocenters. The first kappa shape index (κ1) is 2.32. The van der Waals surface area contributed by atoms with E-state index in [0.29, 0.717) is 0 Å². The van der Waals surface area contributed by atoms with E-state index >= 15 is 0 Å². The molecule has 0 aliphatic rings. The second-order valence-corrected chi connectivity index (χ2v) is 3.41. The molecule has 1 aromatic carbocycles. The fourth-order valence-corrected chi connectivity index (χ4v) is 0.948. The van der Waals surface area contributed by atoms with E-state index in [2.05, 4.69) is 5.11 Å². The summed E-state index contributed by atoms with van der Waals surface area (Å²) in [7, 11) is 0. The van der Waals surface area contributed by atoms with E-state index in [1.807, 2.05) is 0 Å². The smallest absolute Gasteiger partial charge is 0.293 e. The summed E-state index contributed by atoms with van der Waals surface area (Å²) in [5.41, 5.74) is -9.31. The van der Waals surface area contributed by atoms with Crippen LogP contribution in [-0.4, -0.2) is 6.54 Å². The summed E-state index contributed by atoms with van der Waals surface area (Å²) in [6.45, 7) is -16.7. The molecule has 0 aliphatic heterocycles. The number of hydrogen-bond acceptors (Lipinski definition) is 1. The molecule has 1 nitrogen and oxygen atoms in total. The molecule has 0 saturated carbocycles. The first-order valence-corrected chi connectivity index (χ1v) is 3.99. The number of rotatable bonds is 1. The van der Waals surface area contributed by atoms with Gasteiger partial charge < -0.3 is 5.11 Å². The SMILES string of the molecule is [2H]Oc1c([2H])c([2H])c(C(C([2H])([2H])[2H])(C([2H])([2H])[2H])C([2H])([2H])[2H])c([2H])c1C(C)(C([2H])[2H])C([2H])([2H])[2H]. The third kappa shape index (κ3) is 2.74. The summed E-state index contributed by atoms with van der Waals surface area (Å²) < 4.78 is 141. The van der Waals surface area contributed by atoms with E-state index in [4.69, 9.17) is 24.7 Å².